The molecule has 0 aromatic heterocycles. The number of rotatable bonds is 6. The topological polar surface area (TPSA) is 9.23 Å². The molecule has 29 heavy (non-hydrogen) atoms. The summed E-state index contributed by atoms with van der Waals surface area (Å²) in [4.78, 5) is 0. The zero-order chi connectivity index (χ0) is 19.2. The first-order valence-corrected chi connectivity index (χ1v) is 10.6. The Balaban J connectivity index is 0.00000210. The first kappa shape index (κ1) is 26.8. The van der Waals surface area contributed by atoms with E-state index in [0.717, 1.165) is 43.4 Å². The molecule has 5 heteroatoms. The Labute approximate surface area is 199 Å². The van der Waals surface area contributed by atoms with Crippen LogP contribution in [0.15, 0.2) is 24.3 Å². The zero-order valence-corrected chi connectivity index (χ0v) is 20.2. The van der Waals surface area contributed by atoms with Crippen LogP contribution in [-0.4, -0.2) is 0 Å². The number of ether oxygens (including phenoxy) is 1. The van der Waals surface area contributed by atoms with Gasteiger partial charge in [0.05, 0.1) is 0 Å². The molecule has 0 bridgehead atoms. The molecule has 0 N–H and O–H groups in total. The van der Waals surface area contributed by atoms with Crippen LogP contribution in [0, 0.1) is 36.5 Å². The molecular formula is C24H33F2OV2-. The molecule has 2 aliphatic carbocycles. The molecule has 0 heterocycles. The minimum absolute atomic E-state index is 0. The van der Waals surface area contributed by atoms with E-state index in [2.05, 4.69) is 30.9 Å². The van der Waals surface area contributed by atoms with Crippen molar-refractivity contribution < 1.29 is 50.6 Å². The predicted octanol–water partition coefficient (Wildman–Crippen LogP) is 7.57. The van der Waals surface area contributed by atoms with Gasteiger partial charge in [0.15, 0.2) is 11.6 Å². The maximum atomic E-state index is 14.4. The van der Waals surface area contributed by atoms with E-state index in [1.807, 2.05) is 0 Å². The molecule has 1 aromatic rings. The van der Waals surface area contributed by atoms with E-state index in [-0.39, 0.29) is 48.8 Å². The summed E-state index contributed by atoms with van der Waals surface area (Å²) in [6, 6.07) is 3.18. The summed E-state index contributed by atoms with van der Waals surface area (Å²) in [5.41, 5.74) is 0.513. The van der Waals surface area contributed by atoms with Gasteiger partial charge < -0.3 is 4.74 Å². The fourth-order valence-corrected chi connectivity index (χ4v) is 5.32. The third-order valence-corrected chi connectivity index (χ3v) is 6.98. The molecule has 0 amide bonds. The van der Waals surface area contributed by atoms with Gasteiger partial charge in [-0.15, -0.1) is 0 Å². The van der Waals surface area contributed by atoms with Crippen LogP contribution < -0.4 is 4.74 Å². The third kappa shape index (κ3) is 6.89. The van der Waals surface area contributed by atoms with Crippen molar-refractivity contribution in [2.24, 2.45) is 17.8 Å². The molecule has 2 radical (unpaired) electrons. The van der Waals surface area contributed by atoms with Crippen molar-refractivity contribution >= 4 is 0 Å². The fraction of sp³-hybridized carbons (Fsp3) is 0.625. The van der Waals surface area contributed by atoms with E-state index in [0.29, 0.717) is 5.56 Å². The number of halogens is 2. The first-order valence-electron chi connectivity index (χ1n) is 10.6. The van der Waals surface area contributed by atoms with Crippen molar-refractivity contribution in [1.82, 2.24) is 0 Å². The Kier molecular flexibility index (Phi) is 12.3. The van der Waals surface area contributed by atoms with E-state index < -0.39 is 11.6 Å². The van der Waals surface area contributed by atoms with Crippen molar-refractivity contribution in [2.45, 2.75) is 77.0 Å². The van der Waals surface area contributed by atoms with Gasteiger partial charge in [-0.1, -0.05) is 31.1 Å². The minimum atomic E-state index is -0.902. The van der Waals surface area contributed by atoms with E-state index >= 15 is 0 Å². The van der Waals surface area contributed by atoms with Gasteiger partial charge >= 0.3 is 0 Å². The van der Waals surface area contributed by atoms with E-state index in [9.17, 15) is 8.78 Å². The van der Waals surface area contributed by atoms with Crippen molar-refractivity contribution in [3.05, 3.63) is 48.6 Å². The van der Waals surface area contributed by atoms with Crippen molar-refractivity contribution in [1.29, 1.82) is 0 Å². The molecule has 0 spiro atoms. The summed E-state index contributed by atoms with van der Waals surface area (Å²) in [7, 11) is 3.18. The summed E-state index contributed by atoms with van der Waals surface area (Å²) in [6.07, 6.45) is 16.7. The standard InChI is InChI=1S/C24H33F2O.2V/c1-3-4-5-6-17-7-9-18(10-8-17)19-11-13-20(14-12-19)21-15-16-22(27-2)24(26)23(21)25;;/h3-4,15-20H,2,5-14H2,1H3;;/q-1;;/b4-3+;;. The third-order valence-electron chi connectivity index (χ3n) is 6.98. The summed E-state index contributed by atoms with van der Waals surface area (Å²) in [5, 5.41) is 0. The first-order chi connectivity index (χ1) is 13.1. The van der Waals surface area contributed by atoms with Crippen LogP contribution in [0.4, 0.5) is 8.78 Å². The number of hydrogen-bond acceptors (Lipinski definition) is 1. The number of benzene rings is 1. The smallest absolute Gasteiger partial charge is 0.198 e. The van der Waals surface area contributed by atoms with Crippen LogP contribution in [-0.2, 0) is 37.1 Å². The Bertz CT molecular complexity index is 634. The molecule has 0 atom stereocenters. The van der Waals surface area contributed by atoms with E-state index in [4.69, 9.17) is 0 Å². The molecule has 2 saturated carbocycles. The largest absolute Gasteiger partial charge is 0.663 e. The van der Waals surface area contributed by atoms with Crippen LogP contribution in [0.3, 0.4) is 0 Å². The predicted molar refractivity (Wildman–Crippen MR) is 107 cm³/mol. The molecule has 1 aromatic carbocycles. The Morgan fingerprint density at radius 3 is 2.07 bits per heavy atom. The van der Waals surface area contributed by atoms with E-state index in [1.165, 1.54) is 44.6 Å². The van der Waals surface area contributed by atoms with Gasteiger partial charge in [-0.3, -0.25) is 0 Å². The molecule has 2 fully saturated rings. The van der Waals surface area contributed by atoms with Crippen LogP contribution in [0.2, 0.25) is 0 Å². The number of hydrogen-bond donors (Lipinski definition) is 0. The summed E-state index contributed by atoms with van der Waals surface area (Å²) >= 11 is 0. The Morgan fingerprint density at radius 2 is 1.52 bits per heavy atom. The van der Waals surface area contributed by atoms with Crippen LogP contribution in [0.5, 0.6) is 5.75 Å². The SMILES string of the molecule is [CH2-]Oc1ccc(C2CCC(C3CCC(CC/C=C/C)CC3)CC2)c(F)c1F.[V].[V]. The average Bonchev–Trinajstić information content (AvgIpc) is 2.71. The fourth-order valence-electron chi connectivity index (χ4n) is 5.32. The quantitative estimate of drug-likeness (QED) is 0.303. The minimum Gasteiger partial charge on any atom is -0.663 e. The maximum Gasteiger partial charge on any atom is 0.198 e. The monoisotopic (exact) mass is 477 g/mol. The normalized spacial score (nSPS) is 27.2. The van der Waals surface area contributed by atoms with Crippen molar-refractivity contribution in [2.75, 3.05) is 0 Å². The second kappa shape index (κ2) is 13.3. The van der Waals surface area contributed by atoms with Gasteiger partial charge in [0.25, 0.3) is 0 Å². The molecule has 3 rings (SSSR count). The van der Waals surface area contributed by atoms with E-state index in [1.54, 1.807) is 6.07 Å². The average molecular weight is 477 g/mol. The summed E-state index contributed by atoms with van der Waals surface area (Å²) < 4.78 is 33.0. The molecule has 0 saturated heterocycles. The Hall–Kier alpha value is -0.211. The van der Waals surface area contributed by atoms with Crippen LogP contribution in [0.1, 0.15) is 82.6 Å². The number of allylic oxidation sites excluding steroid dienone is 2. The molecule has 0 unspecified atom stereocenters. The van der Waals surface area contributed by atoms with Gasteiger partial charge in [0.1, 0.15) is 5.75 Å². The van der Waals surface area contributed by atoms with Gasteiger partial charge in [0, 0.05) is 37.1 Å². The Morgan fingerprint density at radius 1 is 0.931 bits per heavy atom. The van der Waals surface area contributed by atoms with Crippen molar-refractivity contribution in [3.8, 4) is 5.75 Å². The maximum absolute atomic E-state index is 14.4. The molecule has 0 aliphatic heterocycles. The van der Waals surface area contributed by atoms with Gasteiger partial charge in [-0.25, -0.2) is 4.39 Å². The zero-order valence-electron chi connectivity index (χ0n) is 17.5. The molecule has 1 nitrogen and oxygen atoms in total. The summed E-state index contributed by atoms with van der Waals surface area (Å²) in [6.45, 7) is 2.09. The summed E-state index contributed by atoms with van der Waals surface area (Å²) in [5.74, 6) is 0.880. The van der Waals surface area contributed by atoms with Gasteiger partial charge in [0.2, 0.25) is 0 Å². The van der Waals surface area contributed by atoms with Crippen molar-refractivity contribution in [3.63, 3.8) is 0 Å². The molecule has 2 aliphatic rings. The van der Waals surface area contributed by atoms with Gasteiger partial charge in [-0.2, -0.15) is 11.5 Å². The molecule has 160 valence electrons. The second-order valence-corrected chi connectivity index (χ2v) is 8.46. The van der Waals surface area contributed by atoms with Crippen LogP contribution in [0.25, 0.3) is 0 Å². The van der Waals surface area contributed by atoms with Gasteiger partial charge in [-0.05, 0) is 93.6 Å². The molecular weight excluding hydrogens is 444 g/mol. The second-order valence-electron chi connectivity index (χ2n) is 8.46. The van der Waals surface area contributed by atoms with Crippen LogP contribution >= 0.6 is 0 Å².